The van der Waals surface area contributed by atoms with E-state index < -0.39 is 17.3 Å². The summed E-state index contributed by atoms with van der Waals surface area (Å²) in [6.07, 6.45) is 0.572. The van der Waals surface area contributed by atoms with Gasteiger partial charge in [0.05, 0.1) is 10.6 Å². The fourth-order valence-corrected chi connectivity index (χ4v) is 2.08. The van der Waals surface area contributed by atoms with Crippen molar-refractivity contribution in [3.8, 4) is 0 Å². The van der Waals surface area contributed by atoms with E-state index in [1.165, 1.54) is 12.1 Å². The molecule has 2 N–H and O–H groups in total. The van der Waals surface area contributed by atoms with E-state index in [9.17, 15) is 14.3 Å². The van der Waals surface area contributed by atoms with Crippen LogP contribution in [0, 0.1) is 11.7 Å². The fourth-order valence-electron chi connectivity index (χ4n) is 1.96. The first-order valence-electron chi connectivity index (χ1n) is 6.17. The quantitative estimate of drug-likeness (QED) is 0.875. The van der Waals surface area contributed by atoms with E-state index in [0.717, 1.165) is 6.07 Å². The third-order valence-corrected chi connectivity index (χ3v) is 2.97. The number of carbonyl (C=O) groups is 1. The summed E-state index contributed by atoms with van der Waals surface area (Å²) in [7, 11) is 0. The second-order valence-electron chi connectivity index (χ2n) is 5.41. The van der Waals surface area contributed by atoms with Crippen molar-refractivity contribution >= 4 is 17.5 Å². The molecule has 1 atom stereocenters. The molecule has 0 saturated carbocycles. The molecular formula is C14H19ClFNO2. The Bertz CT molecular complexity index is 461. The molecule has 0 radical (unpaired) electrons. The van der Waals surface area contributed by atoms with Crippen molar-refractivity contribution in [1.82, 2.24) is 5.32 Å². The SMILES string of the molecule is CC(C)CC(C)(O)CNC(=O)c1ccc(Cl)c(F)c1. The van der Waals surface area contributed by atoms with Gasteiger partial charge in [0, 0.05) is 12.1 Å². The first-order valence-corrected chi connectivity index (χ1v) is 6.55. The van der Waals surface area contributed by atoms with Gasteiger partial charge in [-0.1, -0.05) is 25.4 Å². The summed E-state index contributed by atoms with van der Waals surface area (Å²) in [6.45, 7) is 5.76. The first-order chi connectivity index (χ1) is 8.71. The Morgan fingerprint density at radius 2 is 2.16 bits per heavy atom. The zero-order chi connectivity index (χ0) is 14.6. The highest BCUT2D eigenvalue weighted by molar-refractivity contribution is 6.30. The normalized spacial score (nSPS) is 14.3. The summed E-state index contributed by atoms with van der Waals surface area (Å²) >= 11 is 5.55. The van der Waals surface area contributed by atoms with Gasteiger partial charge in [-0.25, -0.2) is 4.39 Å². The lowest BCUT2D eigenvalue weighted by molar-refractivity contribution is 0.0368. The van der Waals surface area contributed by atoms with E-state index >= 15 is 0 Å². The van der Waals surface area contributed by atoms with Crippen molar-refractivity contribution in [3.05, 3.63) is 34.6 Å². The maximum Gasteiger partial charge on any atom is 0.251 e. The Morgan fingerprint density at radius 1 is 1.53 bits per heavy atom. The second-order valence-corrected chi connectivity index (χ2v) is 5.81. The highest BCUT2D eigenvalue weighted by atomic mass is 35.5. The van der Waals surface area contributed by atoms with Gasteiger partial charge in [-0.15, -0.1) is 0 Å². The number of rotatable bonds is 5. The van der Waals surface area contributed by atoms with E-state index in [0.29, 0.717) is 12.3 Å². The minimum absolute atomic E-state index is 0.0247. The molecule has 0 spiro atoms. The smallest absolute Gasteiger partial charge is 0.251 e. The molecule has 1 aromatic rings. The zero-order valence-corrected chi connectivity index (χ0v) is 12.1. The minimum atomic E-state index is -0.977. The third-order valence-electron chi connectivity index (χ3n) is 2.66. The molecule has 19 heavy (non-hydrogen) atoms. The summed E-state index contributed by atoms with van der Waals surface area (Å²) in [5.41, 5.74) is -0.795. The van der Waals surface area contributed by atoms with Crippen LogP contribution < -0.4 is 5.32 Å². The second kappa shape index (κ2) is 6.35. The predicted molar refractivity (Wildman–Crippen MR) is 73.8 cm³/mol. The average molecular weight is 288 g/mol. The van der Waals surface area contributed by atoms with Crippen molar-refractivity contribution in [2.45, 2.75) is 32.8 Å². The van der Waals surface area contributed by atoms with Gasteiger partial charge in [-0.3, -0.25) is 4.79 Å². The van der Waals surface area contributed by atoms with Gasteiger partial charge in [0.2, 0.25) is 0 Å². The molecule has 1 rings (SSSR count). The number of carbonyl (C=O) groups excluding carboxylic acids is 1. The monoisotopic (exact) mass is 287 g/mol. The van der Waals surface area contributed by atoms with E-state index in [2.05, 4.69) is 5.32 Å². The molecule has 0 aliphatic carbocycles. The molecule has 0 fully saturated rings. The van der Waals surface area contributed by atoms with Gasteiger partial charge in [0.1, 0.15) is 5.82 Å². The number of hydrogen-bond donors (Lipinski definition) is 2. The Kier molecular flexibility index (Phi) is 5.32. The molecule has 1 unspecified atom stereocenters. The van der Waals surface area contributed by atoms with Gasteiger partial charge in [0.25, 0.3) is 5.91 Å². The van der Waals surface area contributed by atoms with Crippen molar-refractivity contribution in [1.29, 1.82) is 0 Å². The molecule has 5 heteroatoms. The molecule has 0 aromatic heterocycles. The minimum Gasteiger partial charge on any atom is -0.388 e. The molecule has 3 nitrogen and oxygen atoms in total. The number of halogens is 2. The molecule has 1 amide bonds. The summed E-state index contributed by atoms with van der Waals surface area (Å²) in [5.74, 6) is -0.747. The lowest BCUT2D eigenvalue weighted by atomic mass is 9.94. The topological polar surface area (TPSA) is 49.3 Å². The van der Waals surface area contributed by atoms with Crippen molar-refractivity contribution in [2.75, 3.05) is 6.54 Å². The van der Waals surface area contributed by atoms with E-state index in [1.54, 1.807) is 6.92 Å². The van der Waals surface area contributed by atoms with Gasteiger partial charge < -0.3 is 10.4 Å². The predicted octanol–water partition coefficient (Wildman–Crippen LogP) is 3.01. The Labute approximate surface area is 117 Å². The molecule has 1 aromatic carbocycles. The van der Waals surface area contributed by atoms with Crippen LogP contribution >= 0.6 is 11.6 Å². The van der Waals surface area contributed by atoms with Crippen LogP contribution in [0.25, 0.3) is 0 Å². The molecule has 106 valence electrons. The summed E-state index contributed by atoms with van der Waals surface area (Å²) in [5, 5.41) is 12.6. The molecule has 0 aliphatic rings. The van der Waals surface area contributed by atoms with Crippen LogP contribution in [0.15, 0.2) is 18.2 Å². The van der Waals surface area contributed by atoms with E-state index in [-0.39, 0.29) is 17.1 Å². The van der Waals surface area contributed by atoms with Crippen molar-refractivity contribution < 1.29 is 14.3 Å². The van der Waals surface area contributed by atoms with E-state index in [1.807, 2.05) is 13.8 Å². The van der Waals surface area contributed by atoms with Gasteiger partial charge in [-0.05, 0) is 37.5 Å². The average Bonchev–Trinajstić information content (AvgIpc) is 2.28. The Balaban J connectivity index is 2.62. The van der Waals surface area contributed by atoms with Crippen molar-refractivity contribution in [2.24, 2.45) is 5.92 Å². The number of aliphatic hydroxyl groups is 1. The number of amides is 1. The Morgan fingerprint density at radius 3 is 2.68 bits per heavy atom. The van der Waals surface area contributed by atoms with Crippen LogP contribution in [0.3, 0.4) is 0 Å². The highest BCUT2D eigenvalue weighted by Gasteiger charge is 2.22. The number of benzene rings is 1. The lowest BCUT2D eigenvalue weighted by Gasteiger charge is -2.25. The molecule has 0 aliphatic heterocycles. The largest absolute Gasteiger partial charge is 0.388 e. The fraction of sp³-hybridized carbons (Fsp3) is 0.500. The van der Waals surface area contributed by atoms with Gasteiger partial charge in [0.15, 0.2) is 0 Å². The highest BCUT2D eigenvalue weighted by Crippen LogP contribution is 2.17. The van der Waals surface area contributed by atoms with E-state index in [4.69, 9.17) is 11.6 Å². The van der Waals surface area contributed by atoms with Gasteiger partial charge in [-0.2, -0.15) is 0 Å². The summed E-state index contributed by atoms with van der Waals surface area (Å²) in [6, 6.07) is 3.85. The number of nitrogens with one attached hydrogen (secondary N) is 1. The third kappa shape index (κ3) is 5.17. The number of hydrogen-bond acceptors (Lipinski definition) is 2. The van der Waals surface area contributed by atoms with Crippen LogP contribution in [-0.4, -0.2) is 23.2 Å². The zero-order valence-electron chi connectivity index (χ0n) is 11.3. The van der Waals surface area contributed by atoms with Crippen LogP contribution in [0.1, 0.15) is 37.6 Å². The summed E-state index contributed by atoms with van der Waals surface area (Å²) in [4.78, 5) is 11.8. The molecule has 0 heterocycles. The Hall–Kier alpha value is -1.13. The standard InChI is InChI=1S/C14H19ClFNO2/c1-9(2)7-14(3,19)8-17-13(18)10-4-5-11(15)12(16)6-10/h4-6,9,19H,7-8H2,1-3H3,(H,17,18). The molecular weight excluding hydrogens is 269 g/mol. The van der Waals surface area contributed by atoms with Gasteiger partial charge >= 0.3 is 0 Å². The maximum atomic E-state index is 13.2. The molecule has 0 bridgehead atoms. The maximum absolute atomic E-state index is 13.2. The first kappa shape index (κ1) is 15.9. The van der Waals surface area contributed by atoms with Crippen LogP contribution in [0.4, 0.5) is 4.39 Å². The van der Waals surface area contributed by atoms with Crippen molar-refractivity contribution in [3.63, 3.8) is 0 Å². The van der Waals surface area contributed by atoms with Crippen LogP contribution in [-0.2, 0) is 0 Å². The lowest BCUT2D eigenvalue weighted by Crippen LogP contribution is -2.41. The van der Waals surface area contributed by atoms with Crippen LogP contribution in [0.2, 0.25) is 5.02 Å². The summed E-state index contributed by atoms with van der Waals surface area (Å²) < 4.78 is 13.2. The van der Waals surface area contributed by atoms with Crippen LogP contribution in [0.5, 0.6) is 0 Å². The molecule has 0 saturated heterocycles.